The lowest BCUT2D eigenvalue weighted by atomic mass is 10.2. The SMILES string of the molecule is CC(=O)Nc1ccc(N2C(=O)CC(N(Cc3ccc(F)cc3)S(=O)(=O)c3cc(Cl)ccc3Cl)C2=O)cc1. The first-order valence-corrected chi connectivity index (χ1v) is 13.1. The van der Waals surface area contributed by atoms with Crippen molar-refractivity contribution in [3.8, 4) is 0 Å². The van der Waals surface area contributed by atoms with Gasteiger partial charge in [0.1, 0.15) is 16.8 Å². The number of imide groups is 1. The summed E-state index contributed by atoms with van der Waals surface area (Å²) in [5.41, 5.74) is 1.07. The Hall–Kier alpha value is -3.31. The van der Waals surface area contributed by atoms with Crippen molar-refractivity contribution in [1.82, 2.24) is 4.31 Å². The molecule has 4 rings (SSSR count). The van der Waals surface area contributed by atoms with Gasteiger partial charge < -0.3 is 5.32 Å². The van der Waals surface area contributed by atoms with Gasteiger partial charge in [-0.05, 0) is 60.2 Å². The summed E-state index contributed by atoms with van der Waals surface area (Å²) in [4.78, 5) is 38.3. The molecule has 3 aromatic rings. The van der Waals surface area contributed by atoms with E-state index in [-0.39, 0.29) is 33.1 Å². The van der Waals surface area contributed by atoms with Crippen molar-refractivity contribution in [1.29, 1.82) is 0 Å². The molecule has 3 amide bonds. The molecular formula is C25H20Cl2FN3O5S. The molecule has 0 spiro atoms. The molecule has 0 radical (unpaired) electrons. The number of sulfonamides is 1. The molecular weight excluding hydrogens is 544 g/mol. The van der Waals surface area contributed by atoms with Gasteiger partial charge in [0.15, 0.2) is 0 Å². The van der Waals surface area contributed by atoms with Crippen LogP contribution in [0.15, 0.2) is 71.6 Å². The van der Waals surface area contributed by atoms with Crippen LogP contribution in [0.3, 0.4) is 0 Å². The van der Waals surface area contributed by atoms with Crippen LogP contribution in [0.25, 0.3) is 0 Å². The summed E-state index contributed by atoms with van der Waals surface area (Å²) in [7, 11) is -4.45. The highest BCUT2D eigenvalue weighted by atomic mass is 35.5. The molecule has 0 bridgehead atoms. The Bertz CT molecular complexity index is 1480. The van der Waals surface area contributed by atoms with Crippen molar-refractivity contribution >= 4 is 62.3 Å². The lowest BCUT2D eigenvalue weighted by molar-refractivity contribution is -0.122. The average molecular weight is 564 g/mol. The second-order valence-electron chi connectivity index (χ2n) is 8.27. The van der Waals surface area contributed by atoms with Crippen LogP contribution >= 0.6 is 23.2 Å². The topological polar surface area (TPSA) is 104 Å². The van der Waals surface area contributed by atoms with Crippen LogP contribution in [0, 0.1) is 5.82 Å². The molecule has 3 aromatic carbocycles. The summed E-state index contributed by atoms with van der Waals surface area (Å²) in [6, 6.07) is 13.6. The van der Waals surface area contributed by atoms with Gasteiger partial charge in [-0.15, -0.1) is 0 Å². The standard InChI is InChI=1S/C25H20Cl2FN3O5S/c1-15(32)29-19-7-9-20(10-8-19)31-24(33)13-22(25(31)34)30(14-16-2-5-18(28)6-3-16)37(35,36)23-12-17(26)4-11-21(23)27/h2-12,22H,13-14H2,1H3,(H,29,32). The zero-order chi connectivity index (χ0) is 26.9. The van der Waals surface area contributed by atoms with Gasteiger partial charge in [-0.3, -0.25) is 14.4 Å². The van der Waals surface area contributed by atoms with Gasteiger partial charge in [0.2, 0.25) is 21.8 Å². The third-order valence-corrected chi connectivity index (χ3v) is 8.22. The molecule has 0 aromatic heterocycles. The zero-order valence-electron chi connectivity index (χ0n) is 19.3. The fourth-order valence-corrected chi connectivity index (χ4v) is 6.25. The van der Waals surface area contributed by atoms with Crippen LogP contribution in [0.5, 0.6) is 0 Å². The van der Waals surface area contributed by atoms with Gasteiger partial charge in [0, 0.05) is 24.2 Å². The first-order valence-electron chi connectivity index (χ1n) is 10.9. The number of benzene rings is 3. The van der Waals surface area contributed by atoms with Crippen molar-refractivity contribution in [2.45, 2.75) is 30.8 Å². The molecule has 1 aliphatic heterocycles. The van der Waals surface area contributed by atoms with Crippen LogP contribution in [-0.4, -0.2) is 36.5 Å². The number of amides is 3. The molecule has 0 saturated carbocycles. The second-order valence-corrected chi connectivity index (χ2v) is 11.0. The smallest absolute Gasteiger partial charge is 0.252 e. The minimum atomic E-state index is -4.45. The molecule has 192 valence electrons. The molecule has 1 heterocycles. The predicted molar refractivity (Wildman–Crippen MR) is 137 cm³/mol. The third-order valence-electron chi connectivity index (χ3n) is 5.65. The Morgan fingerprint density at radius 2 is 1.70 bits per heavy atom. The predicted octanol–water partition coefficient (Wildman–Crippen LogP) is 4.61. The van der Waals surface area contributed by atoms with Crippen LogP contribution in [0.4, 0.5) is 15.8 Å². The van der Waals surface area contributed by atoms with Crippen molar-refractivity contribution in [3.63, 3.8) is 0 Å². The molecule has 1 fully saturated rings. The van der Waals surface area contributed by atoms with Crippen molar-refractivity contribution in [3.05, 3.63) is 88.2 Å². The van der Waals surface area contributed by atoms with Crippen molar-refractivity contribution in [2.75, 3.05) is 10.2 Å². The van der Waals surface area contributed by atoms with Crippen LogP contribution in [0.2, 0.25) is 10.0 Å². The number of anilines is 2. The number of nitrogens with one attached hydrogen (secondary N) is 1. The highest BCUT2D eigenvalue weighted by molar-refractivity contribution is 7.89. The molecule has 1 atom stereocenters. The minimum absolute atomic E-state index is 0.111. The molecule has 0 aliphatic carbocycles. The summed E-state index contributed by atoms with van der Waals surface area (Å²) in [6.45, 7) is 1.01. The Labute approximate surface area is 222 Å². The molecule has 1 saturated heterocycles. The Morgan fingerprint density at radius 3 is 2.32 bits per heavy atom. The van der Waals surface area contributed by atoms with E-state index < -0.39 is 40.1 Å². The first kappa shape index (κ1) is 26.7. The monoisotopic (exact) mass is 563 g/mol. The molecule has 8 nitrogen and oxygen atoms in total. The van der Waals surface area contributed by atoms with E-state index >= 15 is 0 Å². The van der Waals surface area contributed by atoms with Crippen LogP contribution < -0.4 is 10.2 Å². The van der Waals surface area contributed by atoms with Gasteiger partial charge in [-0.1, -0.05) is 35.3 Å². The van der Waals surface area contributed by atoms with E-state index in [1.165, 1.54) is 55.5 Å². The number of halogens is 3. The Kier molecular flexibility index (Phi) is 7.65. The third kappa shape index (κ3) is 5.67. The summed E-state index contributed by atoms with van der Waals surface area (Å²) in [6.07, 6.45) is -0.426. The maximum absolute atomic E-state index is 13.8. The number of hydrogen-bond donors (Lipinski definition) is 1. The maximum atomic E-state index is 13.8. The Morgan fingerprint density at radius 1 is 1.05 bits per heavy atom. The molecule has 1 aliphatic rings. The summed E-state index contributed by atoms with van der Waals surface area (Å²) < 4.78 is 41.9. The number of nitrogens with zero attached hydrogens (tertiary/aromatic N) is 2. The number of carbonyl (C=O) groups is 3. The quantitative estimate of drug-likeness (QED) is 0.422. The molecule has 1 unspecified atom stereocenters. The van der Waals surface area contributed by atoms with E-state index in [0.29, 0.717) is 11.3 Å². The van der Waals surface area contributed by atoms with Gasteiger partial charge in [-0.2, -0.15) is 4.31 Å². The van der Waals surface area contributed by atoms with E-state index in [1.807, 2.05) is 0 Å². The van der Waals surface area contributed by atoms with E-state index in [2.05, 4.69) is 5.32 Å². The Balaban J connectivity index is 1.73. The fraction of sp³-hybridized carbons (Fsp3) is 0.160. The maximum Gasteiger partial charge on any atom is 0.252 e. The highest BCUT2D eigenvalue weighted by Crippen LogP contribution is 2.34. The van der Waals surface area contributed by atoms with Crippen LogP contribution in [0.1, 0.15) is 18.9 Å². The lowest BCUT2D eigenvalue weighted by Gasteiger charge is -2.27. The normalized spacial score (nSPS) is 15.9. The number of hydrogen-bond acceptors (Lipinski definition) is 5. The van der Waals surface area contributed by atoms with E-state index in [0.717, 1.165) is 27.4 Å². The van der Waals surface area contributed by atoms with Gasteiger partial charge in [0.05, 0.1) is 17.1 Å². The average Bonchev–Trinajstić information content (AvgIpc) is 3.13. The van der Waals surface area contributed by atoms with Crippen molar-refractivity contribution in [2.24, 2.45) is 0 Å². The molecule has 1 N–H and O–H groups in total. The van der Waals surface area contributed by atoms with E-state index in [1.54, 1.807) is 0 Å². The largest absolute Gasteiger partial charge is 0.326 e. The number of rotatable bonds is 7. The van der Waals surface area contributed by atoms with Crippen molar-refractivity contribution < 1.29 is 27.2 Å². The van der Waals surface area contributed by atoms with Gasteiger partial charge >= 0.3 is 0 Å². The van der Waals surface area contributed by atoms with Gasteiger partial charge in [0.25, 0.3) is 5.91 Å². The lowest BCUT2D eigenvalue weighted by Crippen LogP contribution is -2.45. The molecule has 37 heavy (non-hydrogen) atoms. The first-order chi connectivity index (χ1) is 17.5. The summed E-state index contributed by atoms with van der Waals surface area (Å²) >= 11 is 12.2. The van der Waals surface area contributed by atoms with Gasteiger partial charge in [-0.25, -0.2) is 17.7 Å². The zero-order valence-corrected chi connectivity index (χ0v) is 21.6. The van der Waals surface area contributed by atoms with E-state index in [9.17, 15) is 27.2 Å². The van der Waals surface area contributed by atoms with Crippen LogP contribution in [-0.2, 0) is 31.0 Å². The second kappa shape index (κ2) is 10.6. The highest BCUT2D eigenvalue weighted by Gasteiger charge is 2.47. The summed E-state index contributed by atoms with van der Waals surface area (Å²) in [5.74, 6) is -2.18. The minimum Gasteiger partial charge on any atom is -0.326 e. The fourth-order valence-electron chi connectivity index (χ4n) is 3.94. The number of carbonyl (C=O) groups excluding carboxylic acids is 3. The molecule has 12 heteroatoms. The van der Waals surface area contributed by atoms with E-state index in [4.69, 9.17) is 23.2 Å². The summed E-state index contributed by atoms with van der Waals surface area (Å²) in [5, 5.41) is 2.58.